The number of hydrogen-bond acceptors (Lipinski definition) is 2. The van der Waals surface area contributed by atoms with Crippen LogP contribution in [0, 0.1) is 0 Å². The Labute approximate surface area is 112 Å². The van der Waals surface area contributed by atoms with Gasteiger partial charge in [0, 0.05) is 26.9 Å². The zero-order chi connectivity index (χ0) is 12.0. The van der Waals surface area contributed by atoms with Crippen LogP contribution in [0.2, 0.25) is 0 Å². The van der Waals surface area contributed by atoms with E-state index in [2.05, 4.69) is 0 Å². The van der Waals surface area contributed by atoms with Crippen molar-refractivity contribution in [2.45, 2.75) is 10.8 Å². The van der Waals surface area contributed by atoms with Gasteiger partial charge in [0.2, 0.25) is 0 Å². The summed E-state index contributed by atoms with van der Waals surface area (Å²) in [4.78, 5) is 13.3. The fraction of sp³-hybridized carbons (Fsp3) is 0.154. The molecule has 86 valence electrons. The summed E-state index contributed by atoms with van der Waals surface area (Å²) in [5, 5.41) is 0.746. The van der Waals surface area contributed by atoms with Crippen LogP contribution in [0.15, 0.2) is 35.1 Å². The van der Waals surface area contributed by atoms with Gasteiger partial charge in [0.15, 0.2) is 5.43 Å². The lowest BCUT2D eigenvalue weighted by molar-refractivity contribution is 0.921. The Hall–Kier alpha value is -0.830. The second kappa shape index (κ2) is 3.84. The second-order valence-electron chi connectivity index (χ2n) is 4.04. The first-order chi connectivity index (χ1) is 8.07. The van der Waals surface area contributed by atoms with Gasteiger partial charge in [0.1, 0.15) is 4.33 Å². The number of hydrogen-bond donors (Lipinski definition) is 0. The zero-order valence-corrected chi connectivity index (χ0v) is 11.1. The molecule has 1 heterocycles. The minimum Gasteiger partial charge on any atom is -0.289 e. The highest BCUT2D eigenvalue weighted by atomic mass is 35.5. The average molecular weight is 283 g/mol. The molecule has 1 aliphatic rings. The van der Waals surface area contributed by atoms with Gasteiger partial charge in [-0.3, -0.25) is 4.79 Å². The first-order valence-electron chi connectivity index (χ1n) is 5.19. The molecule has 0 atom stereocenters. The first kappa shape index (κ1) is 11.3. The van der Waals surface area contributed by atoms with E-state index in [0.29, 0.717) is 6.42 Å². The van der Waals surface area contributed by atoms with Crippen molar-refractivity contribution >= 4 is 50.7 Å². The summed E-state index contributed by atoms with van der Waals surface area (Å²) >= 11 is 13.7. The zero-order valence-electron chi connectivity index (χ0n) is 8.74. The topological polar surface area (TPSA) is 17.1 Å². The summed E-state index contributed by atoms with van der Waals surface area (Å²) in [6, 6.07) is 7.61. The highest BCUT2D eigenvalue weighted by Gasteiger charge is 2.28. The van der Waals surface area contributed by atoms with Crippen molar-refractivity contribution in [1.29, 1.82) is 0 Å². The second-order valence-corrected chi connectivity index (χ2v) is 6.67. The van der Waals surface area contributed by atoms with Crippen LogP contribution >= 0.6 is 34.5 Å². The SMILES string of the molecule is O=c1c2c(sc3ccccc13)C=CC(Cl)(Cl)C2. The maximum Gasteiger partial charge on any atom is 0.191 e. The van der Waals surface area contributed by atoms with E-state index in [1.807, 2.05) is 30.3 Å². The van der Waals surface area contributed by atoms with E-state index in [4.69, 9.17) is 23.2 Å². The van der Waals surface area contributed by atoms with Gasteiger partial charge < -0.3 is 0 Å². The third-order valence-corrected chi connectivity index (χ3v) is 4.51. The van der Waals surface area contributed by atoms with E-state index >= 15 is 0 Å². The van der Waals surface area contributed by atoms with Gasteiger partial charge in [-0.25, -0.2) is 0 Å². The molecule has 4 heteroatoms. The van der Waals surface area contributed by atoms with Gasteiger partial charge in [0.05, 0.1) is 0 Å². The van der Waals surface area contributed by atoms with E-state index in [1.54, 1.807) is 17.4 Å². The van der Waals surface area contributed by atoms with Crippen LogP contribution in [0.1, 0.15) is 10.4 Å². The van der Waals surface area contributed by atoms with Crippen molar-refractivity contribution in [3.63, 3.8) is 0 Å². The maximum absolute atomic E-state index is 12.3. The first-order valence-corrected chi connectivity index (χ1v) is 6.76. The predicted molar refractivity (Wildman–Crippen MR) is 75.3 cm³/mol. The molecule has 0 radical (unpaired) electrons. The number of benzene rings is 1. The number of allylic oxidation sites excluding steroid dienone is 1. The Morgan fingerprint density at radius 2 is 2.00 bits per heavy atom. The molecule has 1 aromatic heterocycles. The van der Waals surface area contributed by atoms with Gasteiger partial charge in [-0.1, -0.05) is 35.3 Å². The molecule has 17 heavy (non-hydrogen) atoms. The predicted octanol–water partition coefficient (Wildman–Crippen LogP) is 4.00. The van der Waals surface area contributed by atoms with E-state index < -0.39 is 4.33 Å². The van der Waals surface area contributed by atoms with Crippen LogP contribution in [-0.2, 0) is 6.42 Å². The monoisotopic (exact) mass is 282 g/mol. The van der Waals surface area contributed by atoms with Crippen LogP contribution in [0.25, 0.3) is 16.2 Å². The van der Waals surface area contributed by atoms with Crippen molar-refractivity contribution in [1.82, 2.24) is 0 Å². The molecule has 0 saturated carbocycles. The normalized spacial score (nSPS) is 17.1. The van der Waals surface area contributed by atoms with Crippen molar-refractivity contribution in [3.05, 3.63) is 51.0 Å². The molecular formula is C13H8Cl2OS. The van der Waals surface area contributed by atoms with Crippen LogP contribution in [0.4, 0.5) is 0 Å². The number of rotatable bonds is 0. The standard InChI is InChI=1S/C13H8Cl2OS/c14-13(15)6-5-11-9(7-13)12(16)8-3-1-2-4-10(8)17-11/h1-6H,7H2. The lowest BCUT2D eigenvalue weighted by Crippen LogP contribution is -2.23. The number of halogens is 2. The molecule has 0 N–H and O–H groups in total. The molecule has 0 amide bonds. The van der Waals surface area contributed by atoms with E-state index in [1.165, 1.54) is 0 Å². The number of fused-ring (bicyclic) bond motifs is 2. The van der Waals surface area contributed by atoms with Gasteiger partial charge in [-0.05, 0) is 24.3 Å². The van der Waals surface area contributed by atoms with Crippen molar-refractivity contribution in [2.24, 2.45) is 0 Å². The highest BCUT2D eigenvalue weighted by molar-refractivity contribution is 7.19. The molecule has 0 spiro atoms. The Kier molecular flexibility index (Phi) is 2.54. The van der Waals surface area contributed by atoms with E-state index in [9.17, 15) is 4.79 Å². The fourth-order valence-electron chi connectivity index (χ4n) is 1.99. The lowest BCUT2D eigenvalue weighted by Gasteiger charge is -2.20. The maximum atomic E-state index is 12.3. The summed E-state index contributed by atoms with van der Waals surface area (Å²) in [7, 11) is 0. The average Bonchev–Trinajstić information content (AvgIpc) is 2.30. The molecule has 3 rings (SSSR count). The molecule has 0 bridgehead atoms. The van der Waals surface area contributed by atoms with Gasteiger partial charge in [-0.15, -0.1) is 11.3 Å². The Balaban J connectivity index is 2.37. The molecule has 0 saturated heterocycles. The minimum atomic E-state index is -0.957. The third kappa shape index (κ3) is 1.90. The Morgan fingerprint density at radius 1 is 1.24 bits per heavy atom. The minimum absolute atomic E-state index is 0.0457. The fourth-order valence-corrected chi connectivity index (χ4v) is 3.46. The van der Waals surface area contributed by atoms with E-state index in [0.717, 1.165) is 20.5 Å². The Morgan fingerprint density at radius 3 is 2.82 bits per heavy atom. The summed E-state index contributed by atoms with van der Waals surface area (Å²) in [6.07, 6.45) is 3.96. The van der Waals surface area contributed by atoms with Crippen LogP contribution in [0.5, 0.6) is 0 Å². The molecule has 0 fully saturated rings. The van der Waals surface area contributed by atoms with Crippen molar-refractivity contribution < 1.29 is 0 Å². The summed E-state index contributed by atoms with van der Waals surface area (Å²) < 4.78 is 0.0407. The molecule has 1 nitrogen and oxygen atoms in total. The highest BCUT2D eigenvalue weighted by Crippen LogP contribution is 2.36. The molecule has 0 aliphatic heterocycles. The molecule has 0 unspecified atom stereocenters. The summed E-state index contributed by atoms with van der Waals surface area (Å²) in [5.74, 6) is 0. The largest absolute Gasteiger partial charge is 0.289 e. The number of alkyl halides is 2. The summed E-state index contributed by atoms with van der Waals surface area (Å²) in [5.41, 5.74) is 0.769. The molecule has 2 aromatic rings. The smallest absolute Gasteiger partial charge is 0.191 e. The lowest BCUT2D eigenvalue weighted by atomic mass is 10.0. The molecule has 1 aliphatic carbocycles. The van der Waals surface area contributed by atoms with Crippen molar-refractivity contribution in [3.8, 4) is 0 Å². The van der Waals surface area contributed by atoms with Gasteiger partial charge >= 0.3 is 0 Å². The summed E-state index contributed by atoms with van der Waals surface area (Å²) in [6.45, 7) is 0. The Bertz CT molecular complexity index is 685. The van der Waals surface area contributed by atoms with Crippen molar-refractivity contribution in [2.75, 3.05) is 0 Å². The van der Waals surface area contributed by atoms with Gasteiger partial charge in [-0.2, -0.15) is 0 Å². The molecule has 1 aromatic carbocycles. The van der Waals surface area contributed by atoms with Crippen LogP contribution in [0.3, 0.4) is 0 Å². The quantitative estimate of drug-likeness (QED) is 0.668. The third-order valence-electron chi connectivity index (χ3n) is 2.81. The van der Waals surface area contributed by atoms with Crippen LogP contribution in [-0.4, -0.2) is 4.33 Å². The van der Waals surface area contributed by atoms with Gasteiger partial charge in [0.25, 0.3) is 0 Å². The van der Waals surface area contributed by atoms with Crippen LogP contribution < -0.4 is 5.43 Å². The molecular weight excluding hydrogens is 275 g/mol. The van der Waals surface area contributed by atoms with E-state index in [-0.39, 0.29) is 5.43 Å².